The summed E-state index contributed by atoms with van der Waals surface area (Å²) in [6.07, 6.45) is 2.37. The van der Waals surface area contributed by atoms with Crippen LogP contribution in [-0.4, -0.2) is 43.4 Å². The minimum absolute atomic E-state index is 0.168. The highest BCUT2D eigenvalue weighted by molar-refractivity contribution is 7.99. The lowest BCUT2D eigenvalue weighted by Gasteiger charge is -2.14. The van der Waals surface area contributed by atoms with Crippen LogP contribution >= 0.6 is 11.8 Å². The van der Waals surface area contributed by atoms with Crippen molar-refractivity contribution in [3.8, 4) is 0 Å². The minimum atomic E-state index is -1.18. The van der Waals surface area contributed by atoms with E-state index in [0.717, 1.165) is 6.42 Å². The van der Waals surface area contributed by atoms with Gasteiger partial charge in [0.15, 0.2) is 11.1 Å². The number of nitrogens with one attached hydrogen (secondary N) is 2. The van der Waals surface area contributed by atoms with Gasteiger partial charge in [0.05, 0.1) is 0 Å². The van der Waals surface area contributed by atoms with Crippen LogP contribution < -0.4 is 10.7 Å². The molecule has 0 saturated heterocycles. The van der Waals surface area contributed by atoms with Crippen LogP contribution in [0.3, 0.4) is 0 Å². The topological polar surface area (TPSA) is 117 Å². The normalized spacial score (nSPS) is 12.5. The molecule has 8 nitrogen and oxygen atoms in total. The van der Waals surface area contributed by atoms with Crippen molar-refractivity contribution in [2.75, 3.05) is 6.54 Å². The molecule has 0 saturated carbocycles. The number of rotatable bonds is 7. The van der Waals surface area contributed by atoms with Gasteiger partial charge in [0, 0.05) is 11.3 Å². The van der Waals surface area contributed by atoms with Crippen LogP contribution in [-0.2, 0) is 4.79 Å². The number of thioether (sulfide) groups is 1. The third-order valence-corrected chi connectivity index (χ3v) is 4.42. The molecule has 0 aliphatic heterocycles. The number of hydrogen-bond donors (Lipinski definition) is 3. The van der Waals surface area contributed by atoms with Crippen molar-refractivity contribution < 1.29 is 14.7 Å². The summed E-state index contributed by atoms with van der Waals surface area (Å²) < 4.78 is 1.57. The van der Waals surface area contributed by atoms with Crippen LogP contribution in [0.15, 0.2) is 22.2 Å². The van der Waals surface area contributed by atoms with Gasteiger partial charge in [-0.1, -0.05) is 20.8 Å². The maximum Gasteiger partial charge on any atom is 0.322 e. The molecule has 9 heteroatoms. The molecule has 2 aromatic heterocycles. The van der Waals surface area contributed by atoms with E-state index >= 15 is 0 Å². The second-order valence-corrected chi connectivity index (χ2v) is 7.36. The number of H-pyrrole nitrogens is 1. The number of fused-ring (bicyclic) bond motifs is 1. The van der Waals surface area contributed by atoms with E-state index in [1.54, 1.807) is 4.52 Å². The number of pyridine rings is 1. The molecule has 1 amide bonds. The molecule has 1 unspecified atom stereocenters. The zero-order valence-electron chi connectivity index (χ0n) is 13.7. The van der Waals surface area contributed by atoms with Crippen LogP contribution in [0.1, 0.15) is 37.6 Å². The standard InChI is InChI=1S/C15H20N4O4S/c1-8(2)4-9(3)24-11-5-10(20)13(14-17-7-18-19(11)14)15(23)16-6-12(21)22/h5,7-9H,4,6H2,1-3H3,(H,16,23)(H,17,18)(H,21,22). The van der Waals surface area contributed by atoms with Crippen molar-refractivity contribution in [1.82, 2.24) is 19.9 Å². The van der Waals surface area contributed by atoms with Crippen LogP contribution in [0.2, 0.25) is 0 Å². The average molecular weight is 352 g/mol. The van der Waals surface area contributed by atoms with E-state index in [0.29, 0.717) is 10.9 Å². The first-order valence-electron chi connectivity index (χ1n) is 7.55. The molecule has 0 aliphatic carbocycles. The van der Waals surface area contributed by atoms with Gasteiger partial charge in [-0.3, -0.25) is 19.5 Å². The Morgan fingerprint density at radius 2 is 2.12 bits per heavy atom. The van der Waals surface area contributed by atoms with Gasteiger partial charge in [0.1, 0.15) is 23.5 Å². The summed E-state index contributed by atoms with van der Waals surface area (Å²) in [4.78, 5) is 39.1. The molecule has 0 fully saturated rings. The van der Waals surface area contributed by atoms with E-state index in [9.17, 15) is 14.4 Å². The number of carboxylic acid groups (broad SMARTS) is 1. The van der Waals surface area contributed by atoms with Crippen LogP contribution in [0, 0.1) is 5.92 Å². The molecule has 2 rings (SSSR count). The summed E-state index contributed by atoms with van der Waals surface area (Å²) in [5, 5.41) is 14.7. The highest BCUT2D eigenvalue weighted by atomic mass is 32.2. The smallest absolute Gasteiger partial charge is 0.322 e. The molecular weight excluding hydrogens is 332 g/mol. The Labute approximate surface area is 142 Å². The Kier molecular flexibility index (Phi) is 5.66. The summed E-state index contributed by atoms with van der Waals surface area (Å²) in [5.74, 6) is -1.40. The quantitative estimate of drug-likeness (QED) is 0.648. The van der Waals surface area contributed by atoms with Gasteiger partial charge in [-0.25, -0.2) is 9.50 Å². The predicted molar refractivity (Wildman–Crippen MR) is 90.6 cm³/mol. The lowest BCUT2D eigenvalue weighted by Crippen LogP contribution is -2.33. The Bertz CT molecular complexity index is 811. The second-order valence-electron chi connectivity index (χ2n) is 5.90. The van der Waals surface area contributed by atoms with E-state index in [4.69, 9.17) is 5.11 Å². The van der Waals surface area contributed by atoms with Gasteiger partial charge in [0.2, 0.25) is 0 Å². The molecule has 0 spiro atoms. The first-order chi connectivity index (χ1) is 11.3. The molecule has 0 bridgehead atoms. The highest BCUT2D eigenvalue weighted by Crippen LogP contribution is 2.27. The molecular formula is C15H20N4O4S. The maximum atomic E-state index is 12.4. The molecule has 3 N–H and O–H groups in total. The fraction of sp³-hybridized carbons (Fsp3) is 0.467. The molecule has 0 radical (unpaired) electrons. The number of aromatic nitrogens is 3. The number of carbonyl (C=O) groups excluding carboxylic acids is 1. The van der Waals surface area contributed by atoms with E-state index in [1.807, 2.05) is 0 Å². The van der Waals surface area contributed by atoms with E-state index < -0.39 is 23.9 Å². The fourth-order valence-electron chi connectivity index (χ4n) is 2.43. The first kappa shape index (κ1) is 18.1. The lowest BCUT2D eigenvalue weighted by molar-refractivity contribution is -0.135. The largest absolute Gasteiger partial charge is 0.480 e. The lowest BCUT2D eigenvalue weighted by atomic mass is 10.1. The average Bonchev–Trinajstić information content (AvgIpc) is 2.93. The number of aromatic amines is 1. The fourth-order valence-corrected chi connectivity index (χ4v) is 3.75. The molecule has 0 aliphatic rings. The molecule has 2 aromatic rings. The zero-order chi connectivity index (χ0) is 17.9. The maximum absolute atomic E-state index is 12.4. The molecule has 1 atom stereocenters. The van der Waals surface area contributed by atoms with Crippen molar-refractivity contribution in [3.63, 3.8) is 0 Å². The first-order valence-corrected chi connectivity index (χ1v) is 8.43. The number of aliphatic carboxylic acids is 1. The molecule has 2 heterocycles. The number of carboxylic acids is 1. The van der Waals surface area contributed by atoms with Crippen molar-refractivity contribution >= 4 is 29.3 Å². The van der Waals surface area contributed by atoms with Crippen molar-refractivity contribution in [1.29, 1.82) is 0 Å². The van der Waals surface area contributed by atoms with Crippen molar-refractivity contribution in [3.05, 3.63) is 28.2 Å². The summed E-state index contributed by atoms with van der Waals surface area (Å²) in [6.45, 7) is 5.78. The number of hydrogen-bond acceptors (Lipinski definition) is 5. The Morgan fingerprint density at radius 3 is 2.75 bits per heavy atom. The van der Waals surface area contributed by atoms with Crippen LogP contribution in [0.4, 0.5) is 0 Å². The third kappa shape index (κ3) is 4.16. The number of nitrogens with zero attached hydrogens (tertiary/aromatic N) is 2. The Morgan fingerprint density at radius 1 is 1.42 bits per heavy atom. The SMILES string of the molecule is CC(C)CC(C)Sc1cc(=O)c(C(=O)NCC(=O)O)c2nc[nH]n12. The van der Waals surface area contributed by atoms with Gasteiger partial charge in [-0.05, 0) is 12.3 Å². The summed E-state index contributed by atoms with van der Waals surface area (Å²) >= 11 is 1.52. The molecule has 0 aromatic carbocycles. The summed E-state index contributed by atoms with van der Waals surface area (Å²) in [7, 11) is 0. The minimum Gasteiger partial charge on any atom is -0.480 e. The van der Waals surface area contributed by atoms with Crippen LogP contribution in [0.5, 0.6) is 0 Å². The highest BCUT2D eigenvalue weighted by Gasteiger charge is 2.20. The van der Waals surface area contributed by atoms with Gasteiger partial charge in [0.25, 0.3) is 5.91 Å². The number of carbonyl (C=O) groups is 2. The number of amides is 1. The Hall–Kier alpha value is -2.29. The van der Waals surface area contributed by atoms with Gasteiger partial charge in [-0.2, -0.15) is 0 Å². The van der Waals surface area contributed by atoms with Crippen molar-refractivity contribution in [2.24, 2.45) is 5.92 Å². The molecule has 24 heavy (non-hydrogen) atoms. The van der Waals surface area contributed by atoms with E-state index in [2.05, 4.69) is 36.2 Å². The van der Waals surface area contributed by atoms with Gasteiger partial charge < -0.3 is 10.4 Å². The van der Waals surface area contributed by atoms with E-state index in [1.165, 1.54) is 24.2 Å². The summed E-state index contributed by atoms with van der Waals surface area (Å²) in [5.41, 5.74) is -0.466. The molecule has 130 valence electrons. The predicted octanol–water partition coefficient (Wildman–Crippen LogP) is 1.36. The summed E-state index contributed by atoms with van der Waals surface area (Å²) in [6, 6.07) is 1.38. The van der Waals surface area contributed by atoms with Gasteiger partial charge >= 0.3 is 5.97 Å². The second kappa shape index (κ2) is 7.52. The van der Waals surface area contributed by atoms with Gasteiger partial charge in [-0.15, -0.1) is 11.8 Å². The Balaban J connectivity index is 2.37. The zero-order valence-corrected chi connectivity index (χ0v) is 14.5. The van der Waals surface area contributed by atoms with E-state index in [-0.39, 0.29) is 16.5 Å². The van der Waals surface area contributed by atoms with Crippen molar-refractivity contribution in [2.45, 2.75) is 37.5 Å². The third-order valence-electron chi connectivity index (χ3n) is 3.28. The van der Waals surface area contributed by atoms with Crippen LogP contribution in [0.25, 0.3) is 5.65 Å². The monoisotopic (exact) mass is 352 g/mol.